The second-order valence-electron chi connectivity index (χ2n) is 5.21. The van der Waals surface area contributed by atoms with Crippen LogP contribution in [-0.4, -0.2) is 43.7 Å². The van der Waals surface area contributed by atoms with Crippen molar-refractivity contribution in [2.45, 2.75) is 56.9 Å². The third-order valence-electron chi connectivity index (χ3n) is 3.79. The predicted molar refractivity (Wildman–Crippen MR) is 64.8 cm³/mol. The van der Waals surface area contributed by atoms with Crippen molar-refractivity contribution in [3.05, 3.63) is 0 Å². The van der Waals surface area contributed by atoms with Crippen molar-refractivity contribution in [2.75, 3.05) is 13.1 Å². The van der Waals surface area contributed by atoms with Gasteiger partial charge in [-0.1, -0.05) is 6.42 Å². The Hall–Kier alpha value is -0.130. The van der Waals surface area contributed by atoms with E-state index in [0.29, 0.717) is 6.04 Å². The van der Waals surface area contributed by atoms with Crippen molar-refractivity contribution in [1.29, 1.82) is 0 Å². The predicted octanol–water partition coefficient (Wildman–Crippen LogP) is 0.941. The minimum Gasteiger partial charge on any atom is -0.299 e. The summed E-state index contributed by atoms with van der Waals surface area (Å²) in [4.78, 5) is 2.44. The normalized spacial score (nSPS) is 31.9. The van der Waals surface area contributed by atoms with E-state index < -0.39 is 10.0 Å². The lowest BCUT2D eigenvalue weighted by atomic mass is 10.00. The van der Waals surface area contributed by atoms with Crippen LogP contribution >= 0.6 is 0 Å². The lowest BCUT2D eigenvalue weighted by molar-refractivity contribution is 0.186. The number of hydrogen-bond acceptors (Lipinski definition) is 3. The molecule has 16 heavy (non-hydrogen) atoms. The second-order valence-corrected chi connectivity index (χ2v) is 7.47. The number of hydrogen-bond donors (Lipinski definition) is 1. The van der Waals surface area contributed by atoms with Crippen LogP contribution in [0.15, 0.2) is 0 Å². The first-order chi connectivity index (χ1) is 7.50. The maximum Gasteiger partial charge on any atom is 0.214 e. The largest absolute Gasteiger partial charge is 0.299 e. The van der Waals surface area contributed by atoms with E-state index in [2.05, 4.69) is 9.62 Å². The SMILES string of the molecule is CC(C)S(=O)(=O)NC1CCN2CCCCC12. The molecule has 0 aliphatic carbocycles. The average Bonchev–Trinajstić information content (AvgIpc) is 2.61. The zero-order valence-electron chi connectivity index (χ0n) is 10.1. The summed E-state index contributed by atoms with van der Waals surface area (Å²) in [5.41, 5.74) is 0. The van der Waals surface area contributed by atoms with Crippen LogP contribution in [0.5, 0.6) is 0 Å². The monoisotopic (exact) mass is 246 g/mol. The van der Waals surface area contributed by atoms with E-state index in [4.69, 9.17) is 0 Å². The summed E-state index contributed by atoms with van der Waals surface area (Å²) >= 11 is 0. The van der Waals surface area contributed by atoms with Gasteiger partial charge in [0.2, 0.25) is 10.0 Å². The Labute approximate surface area is 98.4 Å². The fourth-order valence-electron chi connectivity index (χ4n) is 2.73. The molecular formula is C11H22N2O2S. The summed E-state index contributed by atoms with van der Waals surface area (Å²) in [6.07, 6.45) is 4.61. The third kappa shape index (κ3) is 2.41. The molecular weight excluding hydrogens is 224 g/mol. The average molecular weight is 246 g/mol. The van der Waals surface area contributed by atoms with Crippen molar-refractivity contribution in [2.24, 2.45) is 0 Å². The van der Waals surface area contributed by atoms with Gasteiger partial charge in [-0.25, -0.2) is 13.1 Å². The molecule has 94 valence electrons. The van der Waals surface area contributed by atoms with Crippen molar-refractivity contribution in [3.63, 3.8) is 0 Å². The molecule has 0 saturated carbocycles. The molecule has 5 heteroatoms. The molecule has 1 N–H and O–H groups in total. The molecule has 0 amide bonds. The Kier molecular flexibility index (Phi) is 3.56. The zero-order chi connectivity index (χ0) is 11.8. The first-order valence-electron chi connectivity index (χ1n) is 6.26. The molecule has 0 radical (unpaired) electrons. The molecule has 0 aromatic heterocycles. The molecule has 2 saturated heterocycles. The first kappa shape index (κ1) is 12.3. The molecule has 2 heterocycles. The number of nitrogens with zero attached hydrogens (tertiary/aromatic N) is 1. The summed E-state index contributed by atoms with van der Waals surface area (Å²) in [5.74, 6) is 0. The van der Waals surface area contributed by atoms with Crippen LogP contribution in [0.4, 0.5) is 0 Å². The van der Waals surface area contributed by atoms with Crippen LogP contribution in [-0.2, 0) is 10.0 Å². The van der Waals surface area contributed by atoms with E-state index in [0.717, 1.165) is 25.9 Å². The van der Waals surface area contributed by atoms with Crippen LogP contribution in [0.1, 0.15) is 39.5 Å². The summed E-state index contributed by atoms with van der Waals surface area (Å²) in [6.45, 7) is 5.66. The van der Waals surface area contributed by atoms with Gasteiger partial charge in [0, 0.05) is 18.6 Å². The summed E-state index contributed by atoms with van der Waals surface area (Å²) in [6, 6.07) is 0.593. The number of rotatable bonds is 3. The molecule has 2 aliphatic rings. The number of sulfonamides is 1. The smallest absolute Gasteiger partial charge is 0.214 e. The summed E-state index contributed by atoms with van der Waals surface area (Å²) in [5, 5.41) is -0.329. The molecule has 4 nitrogen and oxygen atoms in total. The second kappa shape index (κ2) is 4.63. The van der Waals surface area contributed by atoms with Gasteiger partial charge in [0.05, 0.1) is 5.25 Å². The summed E-state index contributed by atoms with van der Waals surface area (Å²) in [7, 11) is -3.11. The van der Waals surface area contributed by atoms with Gasteiger partial charge in [-0.05, 0) is 39.7 Å². The molecule has 2 unspecified atom stereocenters. The molecule has 2 rings (SSSR count). The maximum atomic E-state index is 11.8. The Balaban J connectivity index is 2.01. The molecule has 0 aromatic carbocycles. The van der Waals surface area contributed by atoms with Crippen LogP contribution < -0.4 is 4.72 Å². The maximum absolute atomic E-state index is 11.8. The first-order valence-corrected chi connectivity index (χ1v) is 7.80. The number of nitrogens with one attached hydrogen (secondary N) is 1. The topological polar surface area (TPSA) is 49.4 Å². The van der Waals surface area contributed by atoms with Gasteiger partial charge in [0.25, 0.3) is 0 Å². The van der Waals surface area contributed by atoms with E-state index >= 15 is 0 Å². The zero-order valence-corrected chi connectivity index (χ0v) is 11.0. The molecule has 0 spiro atoms. The van der Waals surface area contributed by atoms with Gasteiger partial charge < -0.3 is 0 Å². The highest BCUT2D eigenvalue weighted by Gasteiger charge is 2.37. The van der Waals surface area contributed by atoms with Crippen LogP contribution in [0, 0.1) is 0 Å². The van der Waals surface area contributed by atoms with E-state index in [1.807, 2.05) is 0 Å². The third-order valence-corrected chi connectivity index (χ3v) is 5.66. The number of fused-ring (bicyclic) bond motifs is 1. The van der Waals surface area contributed by atoms with Gasteiger partial charge in [-0.2, -0.15) is 0 Å². The van der Waals surface area contributed by atoms with Crippen LogP contribution in [0.2, 0.25) is 0 Å². The van der Waals surface area contributed by atoms with E-state index in [-0.39, 0.29) is 11.3 Å². The summed E-state index contributed by atoms with van der Waals surface area (Å²) < 4.78 is 26.5. The molecule has 2 aliphatic heterocycles. The lowest BCUT2D eigenvalue weighted by Gasteiger charge is -2.32. The van der Waals surface area contributed by atoms with Gasteiger partial charge in [0.15, 0.2) is 0 Å². The Bertz CT molecular complexity index is 340. The Morgan fingerprint density at radius 3 is 2.62 bits per heavy atom. The van der Waals surface area contributed by atoms with Gasteiger partial charge >= 0.3 is 0 Å². The van der Waals surface area contributed by atoms with Crippen molar-refractivity contribution >= 4 is 10.0 Å². The molecule has 2 fully saturated rings. The van der Waals surface area contributed by atoms with Gasteiger partial charge in [-0.15, -0.1) is 0 Å². The standard InChI is InChI=1S/C11H22N2O2S/c1-9(2)16(14,15)12-10-6-8-13-7-4-3-5-11(10)13/h9-12H,3-8H2,1-2H3. The Morgan fingerprint density at radius 1 is 1.19 bits per heavy atom. The molecule has 0 aromatic rings. The fourth-order valence-corrected chi connectivity index (χ4v) is 3.70. The highest BCUT2D eigenvalue weighted by atomic mass is 32.2. The van der Waals surface area contributed by atoms with Crippen molar-refractivity contribution < 1.29 is 8.42 Å². The van der Waals surface area contributed by atoms with E-state index in [1.54, 1.807) is 13.8 Å². The van der Waals surface area contributed by atoms with E-state index in [1.165, 1.54) is 12.8 Å². The lowest BCUT2D eigenvalue weighted by Crippen LogP contribution is -2.48. The quantitative estimate of drug-likeness (QED) is 0.806. The highest BCUT2D eigenvalue weighted by molar-refractivity contribution is 7.90. The molecule has 2 atom stereocenters. The van der Waals surface area contributed by atoms with Crippen LogP contribution in [0.3, 0.4) is 0 Å². The number of piperidine rings is 1. The Morgan fingerprint density at radius 2 is 1.94 bits per heavy atom. The van der Waals surface area contributed by atoms with Gasteiger partial charge in [0.1, 0.15) is 0 Å². The van der Waals surface area contributed by atoms with Crippen molar-refractivity contribution in [3.8, 4) is 0 Å². The molecule has 0 bridgehead atoms. The fraction of sp³-hybridized carbons (Fsp3) is 1.00. The minimum absolute atomic E-state index is 0.146. The van der Waals surface area contributed by atoms with Crippen LogP contribution in [0.25, 0.3) is 0 Å². The highest BCUT2D eigenvalue weighted by Crippen LogP contribution is 2.27. The van der Waals surface area contributed by atoms with Gasteiger partial charge in [-0.3, -0.25) is 4.90 Å². The van der Waals surface area contributed by atoms with Crippen molar-refractivity contribution in [1.82, 2.24) is 9.62 Å². The van der Waals surface area contributed by atoms with E-state index in [9.17, 15) is 8.42 Å². The minimum atomic E-state index is -3.11.